The van der Waals surface area contributed by atoms with E-state index in [1.54, 1.807) is 18.2 Å². The quantitative estimate of drug-likeness (QED) is 0.0936. The standard InChI is InChI=1S/C26H31F3N8O4.CH2O2/c1-2-16-11-17(3-4-19(16)25(40)32-7-10-41-9-5-30)34-23-24-33-12-21(37(24)8-6-31-23)20-14-36(13-18(39)15-38)35-22(20)26(27,28)29;2-1-3/h3-4,6,8,11-12,14,18,38-39H,2,5,7,9-10,13,15,30H2,1H3,(H,31,34)(H,32,40);1H,(H,2,3). The van der Waals surface area contributed by atoms with Crippen LogP contribution >= 0.6 is 0 Å². The Bertz CT molecular complexity index is 1540. The molecule has 0 saturated heterocycles. The highest BCUT2D eigenvalue weighted by Gasteiger charge is 2.38. The third-order valence-electron chi connectivity index (χ3n) is 6.13. The Balaban J connectivity index is 0.00000169. The molecular weight excluding hydrogens is 589 g/mol. The van der Waals surface area contributed by atoms with Crippen LogP contribution in [0.2, 0.25) is 0 Å². The molecule has 0 aliphatic carbocycles. The van der Waals surface area contributed by atoms with Gasteiger partial charge in [0.25, 0.3) is 12.4 Å². The number of aryl methyl sites for hydroxylation is 1. The second-order valence-electron chi connectivity index (χ2n) is 9.17. The highest BCUT2D eigenvalue weighted by molar-refractivity contribution is 5.96. The van der Waals surface area contributed by atoms with Gasteiger partial charge in [-0.15, -0.1) is 0 Å². The number of rotatable bonds is 13. The first-order chi connectivity index (χ1) is 21.1. The molecule has 1 amide bonds. The fourth-order valence-corrected chi connectivity index (χ4v) is 4.23. The number of anilines is 2. The van der Waals surface area contributed by atoms with Crippen LogP contribution in [0.3, 0.4) is 0 Å². The molecule has 0 aliphatic rings. The first-order valence-corrected chi connectivity index (χ1v) is 13.4. The zero-order chi connectivity index (χ0) is 32.3. The number of nitrogens with zero attached hydrogens (tertiary/aromatic N) is 5. The van der Waals surface area contributed by atoms with E-state index >= 15 is 0 Å². The molecule has 44 heavy (non-hydrogen) atoms. The van der Waals surface area contributed by atoms with Crippen LogP contribution in [0.25, 0.3) is 16.9 Å². The van der Waals surface area contributed by atoms with Crippen molar-refractivity contribution in [3.63, 3.8) is 0 Å². The number of carboxylic acid groups (broad SMARTS) is 1. The molecule has 0 saturated carbocycles. The molecule has 4 rings (SSSR count). The molecule has 14 nitrogen and oxygen atoms in total. The number of amides is 1. The van der Waals surface area contributed by atoms with Gasteiger partial charge < -0.3 is 36.4 Å². The van der Waals surface area contributed by atoms with Crippen LogP contribution < -0.4 is 16.4 Å². The number of imidazole rings is 1. The Hall–Kier alpha value is -4.58. The number of carbonyl (C=O) groups is 2. The minimum Gasteiger partial charge on any atom is -0.483 e. The number of aliphatic hydroxyl groups excluding tert-OH is 2. The molecule has 0 radical (unpaired) electrons. The predicted octanol–water partition coefficient (Wildman–Crippen LogP) is 1.68. The molecule has 4 aromatic rings. The molecule has 0 aliphatic heterocycles. The van der Waals surface area contributed by atoms with Gasteiger partial charge in [-0.05, 0) is 30.2 Å². The third kappa shape index (κ3) is 8.50. The zero-order valence-electron chi connectivity index (χ0n) is 23.7. The maximum Gasteiger partial charge on any atom is 0.435 e. The molecule has 0 spiro atoms. The van der Waals surface area contributed by atoms with Gasteiger partial charge in [0, 0.05) is 42.9 Å². The average Bonchev–Trinajstić information content (AvgIpc) is 3.62. The molecule has 3 heterocycles. The number of nitrogens with one attached hydrogen (secondary N) is 2. The first kappa shape index (κ1) is 33.9. The Morgan fingerprint density at radius 3 is 2.66 bits per heavy atom. The van der Waals surface area contributed by atoms with Crippen molar-refractivity contribution in [3.05, 3.63) is 59.8 Å². The molecule has 1 unspecified atom stereocenters. The van der Waals surface area contributed by atoms with E-state index in [1.807, 2.05) is 6.92 Å². The van der Waals surface area contributed by atoms with Crippen molar-refractivity contribution in [1.29, 1.82) is 0 Å². The molecule has 238 valence electrons. The fraction of sp³-hybridized carbons (Fsp3) is 0.370. The summed E-state index contributed by atoms with van der Waals surface area (Å²) in [6.07, 6.45) is -0.141. The molecular formula is C27H33F3N8O6. The van der Waals surface area contributed by atoms with Gasteiger partial charge in [-0.25, -0.2) is 9.97 Å². The molecule has 0 bridgehead atoms. The Morgan fingerprint density at radius 1 is 1.25 bits per heavy atom. The summed E-state index contributed by atoms with van der Waals surface area (Å²) >= 11 is 0. The summed E-state index contributed by atoms with van der Waals surface area (Å²) in [5.41, 5.74) is 6.25. The van der Waals surface area contributed by atoms with Gasteiger partial charge in [-0.2, -0.15) is 18.3 Å². The van der Waals surface area contributed by atoms with Gasteiger partial charge in [0.15, 0.2) is 17.2 Å². The lowest BCUT2D eigenvalue weighted by Crippen LogP contribution is -2.28. The monoisotopic (exact) mass is 622 g/mol. The van der Waals surface area contributed by atoms with Crippen LogP contribution in [0.5, 0.6) is 0 Å². The number of ether oxygens (including phenoxy) is 1. The van der Waals surface area contributed by atoms with Gasteiger partial charge in [-0.3, -0.25) is 18.7 Å². The van der Waals surface area contributed by atoms with Crippen LogP contribution in [0.1, 0.15) is 28.5 Å². The lowest BCUT2D eigenvalue weighted by atomic mass is 10.0. The number of carbonyl (C=O) groups excluding carboxylic acids is 1. The van der Waals surface area contributed by atoms with Gasteiger partial charge in [0.05, 0.1) is 49.9 Å². The zero-order valence-corrected chi connectivity index (χ0v) is 23.7. The number of hydrogen-bond donors (Lipinski definition) is 6. The molecule has 17 heteroatoms. The Labute approximate surface area is 249 Å². The summed E-state index contributed by atoms with van der Waals surface area (Å²) in [7, 11) is 0. The van der Waals surface area contributed by atoms with Gasteiger partial charge in [0.2, 0.25) is 0 Å². The Morgan fingerprint density at radius 2 is 2.00 bits per heavy atom. The Kier molecular flexibility index (Phi) is 12.2. The van der Waals surface area contributed by atoms with Crippen molar-refractivity contribution in [3.8, 4) is 11.3 Å². The summed E-state index contributed by atoms with van der Waals surface area (Å²) in [5.74, 6) is 0.0436. The number of aromatic nitrogens is 5. The van der Waals surface area contributed by atoms with Crippen molar-refractivity contribution in [2.24, 2.45) is 5.73 Å². The van der Waals surface area contributed by atoms with Crippen LogP contribution in [0, 0.1) is 0 Å². The van der Waals surface area contributed by atoms with E-state index in [2.05, 4.69) is 25.7 Å². The highest BCUT2D eigenvalue weighted by atomic mass is 19.4. The summed E-state index contributed by atoms with van der Waals surface area (Å²) in [4.78, 5) is 29.6. The number of halogens is 3. The number of aliphatic hydroxyl groups is 2. The molecule has 0 fully saturated rings. The topological polar surface area (TPSA) is 202 Å². The third-order valence-corrected chi connectivity index (χ3v) is 6.13. The molecule has 1 atom stereocenters. The predicted molar refractivity (Wildman–Crippen MR) is 152 cm³/mol. The van der Waals surface area contributed by atoms with E-state index in [0.717, 1.165) is 16.4 Å². The average molecular weight is 623 g/mol. The van der Waals surface area contributed by atoms with E-state index < -0.39 is 24.6 Å². The number of alkyl halides is 3. The largest absolute Gasteiger partial charge is 0.483 e. The maximum absolute atomic E-state index is 13.8. The van der Waals surface area contributed by atoms with Gasteiger partial charge in [0.1, 0.15) is 0 Å². The van der Waals surface area contributed by atoms with Gasteiger partial charge in [-0.1, -0.05) is 6.92 Å². The fourth-order valence-electron chi connectivity index (χ4n) is 4.23. The first-order valence-electron chi connectivity index (χ1n) is 13.4. The molecule has 7 N–H and O–H groups in total. The van der Waals surface area contributed by atoms with E-state index in [1.165, 1.54) is 23.0 Å². The normalized spacial score (nSPS) is 12.0. The second kappa shape index (κ2) is 15.8. The molecule has 1 aromatic carbocycles. The van der Waals surface area contributed by atoms with Crippen molar-refractivity contribution in [2.45, 2.75) is 32.2 Å². The minimum absolute atomic E-state index is 0.110. The van der Waals surface area contributed by atoms with E-state index in [0.29, 0.717) is 44.0 Å². The van der Waals surface area contributed by atoms with Crippen LogP contribution in [0.4, 0.5) is 24.7 Å². The highest BCUT2D eigenvalue weighted by Crippen LogP contribution is 2.37. The SMILES string of the molecule is CCc1cc(Nc2nccn3c(-c4cn(CC(O)CO)nc4C(F)(F)F)cnc23)ccc1C(=O)NCCOCCN.O=CO. The van der Waals surface area contributed by atoms with Crippen molar-refractivity contribution < 1.29 is 42.8 Å². The van der Waals surface area contributed by atoms with Crippen LogP contribution in [0.15, 0.2) is 43.0 Å². The van der Waals surface area contributed by atoms with Gasteiger partial charge >= 0.3 is 6.18 Å². The van der Waals surface area contributed by atoms with Crippen molar-refractivity contribution >= 4 is 29.5 Å². The lowest BCUT2D eigenvalue weighted by molar-refractivity contribution is -0.141. The number of hydrogen-bond acceptors (Lipinski definition) is 10. The van der Waals surface area contributed by atoms with E-state index in [-0.39, 0.29) is 41.6 Å². The molecule has 3 aromatic heterocycles. The van der Waals surface area contributed by atoms with Crippen LogP contribution in [-0.4, -0.2) is 90.9 Å². The summed E-state index contributed by atoms with van der Waals surface area (Å²) in [5, 5.41) is 35.2. The van der Waals surface area contributed by atoms with Crippen LogP contribution in [-0.2, 0) is 28.7 Å². The number of fused-ring (bicyclic) bond motifs is 1. The summed E-state index contributed by atoms with van der Waals surface area (Å²) in [6, 6.07) is 5.18. The van der Waals surface area contributed by atoms with Crippen molar-refractivity contribution in [1.82, 2.24) is 29.5 Å². The summed E-state index contributed by atoms with van der Waals surface area (Å²) in [6.45, 7) is 2.23. The van der Waals surface area contributed by atoms with E-state index in [9.17, 15) is 23.1 Å². The van der Waals surface area contributed by atoms with E-state index in [4.69, 9.17) is 25.5 Å². The second-order valence-corrected chi connectivity index (χ2v) is 9.17. The lowest BCUT2D eigenvalue weighted by Gasteiger charge is -2.13. The maximum atomic E-state index is 13.8. The van der Waals surface area contributed by atoms with Crippen molar-refractivity contribution in [2.75, 3.05) is 38.2 Å². The summed E-state index contributed by atoms with van der Waals surface area (Å²) < 4.78 is 49.2. The minimum atomic E-state index is -4.77. The smallest absolute Gasteiger partial charge is 0.435 e. The number of benzene rings is 1. The number of nitrogens with two attached hydrogens (primary N) is 1.